The minimum Gasteiger partial charge on any atom is -0.493 e. The average molecular weight is 418 g/mol. The van der Waals surface area contributed by atoms with Gasteiger partial charge in [0.2, 0.25) is 0 Å². The quantitative estimate of drug-likeness (QED) is 0.733. The van der Waals surface area contributed by atoms with Gasteiger partial charge in [0.15, 0.2) is 11.5 Å². The molecule has 156 valence electrons. The fraction of sp³-hybridized carbons (Fsp3) is 0.409. The highest BCUT2D eigenvalue weighted by Crippen LogP contribution is 2.37. The van der Waals surface area contributed by atoms with E-state index in [-0.39, 0.29) is 5.91 Å². The number of benzene rings is 2. The van der Waals surface area contributed by atoms with Gasteiger partial charge in [-0.15, -0.1) is 0 Å². The van der Waals surface area contributed by atoms with E-state index >= 15 is 0 Å². The van der Waals surface area contributed by atoms with Gasteiger partial charge >= 0.3 is 0 Å². The first-order valence-corrected chi connectivity index (χ1v) is 10.3. The molecule has 0 aromatic heterocycles. The third-order valence-electron chi connectivity index (χ3n) is 5.09. The van der Waals surface area contributed by atoms with E-state index < -0.39 is 0 Å². The van der Waals surface area contributed by atoms with Crippen LogP contribution in [0.1, 0.15) is 24.2 Å². The van der Waals surface area contributed by atoms with E-state index in [1.54, 1.807) is 12.1 Å². The number of nitrogens with one attached hydrogen (secondary N) is 1. The van der Waals surface area contributed by atoms with E-state index in [1.807, 2.05) is 31.2 Å². The molecule has 1 fully saturated rings. The number of nitrogens with zero attached hydrogens (tertiary/aromatic N) is 2. The Morgan fingerprint density at radius 3 is 2.52 bits per heavy atom. The fourth-order valence-corrected chi connectivity index (χ4v) is 3.76. The van der Waals surface area contributed by atoms with Crippen LogP contribution in [0, 0.1) is 0 Å². The first kappa shape index (κ1) is 21.3. The third kappa shape index (κ3) is 4.95. The zero-order chi connectivity index (χ0) is 20.8. The lowest BCUT2D eigenvalue weighted by Crippen LogP contribution is -2.46. The molecule has 0 bridgehead atoms. The van der Waals surface area contributed by atoms with Crippen molar-refractivity contribution < 1.29 is 14.3 Å². The predicted molar refractivity (Wildman–Crippen MR) is 118 cm³/mol. The summed E-state index contributed by atoms with van der Waals surface area (Å²) in [5.74, 6) is 0.642. The number of likely N-dealkylation sites (N-methyl/N-ethyl adjacent to an activating group) is 1. The molecule has 0 aliphatic carbocycles. The number of hydrogen-bond donors (Lipinski definition) is 1. The van der Waals surface area contributed by atoms with Gasteiger partial charge in [0.1, 0.15) is 0 Å². The number of hydrogen-bond acceptors (Lipinski definition) is 5. The van der Waals surface area contributed by atoms with Gasteiger partial charge < -0.3 is 24.6 Å². The second-order valence-corrected chi connectivity index (χ2v) is 7.22. The van der Waals surface area contributed by atoms with Gasteiger partial charge in [-0.1, -0.05) is 30.7 Å². The van der Waals surface area contributed by atoms with Crippen LogP contribution in [0.15, 0.2) is 36.4 Å². The average Bonchev–Trinajstić information content (AvgIpc) is 2.75. The van der Waals surface area contributed by atoms with Crippen LogP contribution in [0.2, 0.25) is 5.02 Å². The Labute approximate surface area is 177 Å². The molecule has 1 heterocycles. The van der Waals surface area contributed by atoms with Gasteiger partial charge in [-0.3, -0.25) is 4.79 Å². The zero-order valence-corrected chi connectivity index (χ0v) is 18.0. The van der Waals surface area contributed by atoms with Gasteiger partial charge in [0, 0.05) is 31.7 Å². The summed E-state index contributed by atoms with van der Waals surface area (Å²) in [6.45, 7) is 9.47. The Kier molecular flexibility index (Phi) is 7.23. The molecule has 1 saturated heterocycles. The fourth-order valence-electron chi connectivity index (χ4n) is 3.49. The molecule has 1 N–H and O–H groups in total. The van der Waals surface area contributed by atoms with Gasteiger partial charge in [-0.2, -0.15) is 0 Å². The first-order valence-electron chi connectivity index (χ1n) is 9.95. The maximum atomic E-state index is 12.9. The molecule has 0 saturated carbocycles. The minimum atomic E-state index is -0.243. The van der Waals surface area contributed by atoms with Crippen molar-refractivity contribution >= 4 is 28.9 Å². The number of halogens is 1. The Balaban J connectivity index is 1.80. The van der Waals surface area contributed by atoms with Crippen molar-refractivity contribution in [2.45, 2.75) is 13.8 Å². The molecule has 1 aliphatic heterocycles. The summed E-state index contributed by atoms with van der Waals surface area (Å²) < 4.78 is 10.9. The second-order valence-electron chi connectivity index (χ2n) is 6.82. The van der Waals surface area contributed by atoms with Crippen molar-refractivity contribution in [3.05, 3.63) is 47.0 Å². The Morgan fingerprint density at radius 1 is 1.14 bits per heavy atom. The van der Waals surface area contributed by atoms with E-state index in [2.05, 4.69) is 22.0 Å². The third-order valence-corrected chi connectivity index (χ3v) is 5.37. The van der Waals surface area contributed by atoms with Crippen molar-refractivity contribution in [2.75, 3.05) is 56.7 Å². The number of piperazine rings is 1. The molecule has 29 heavy (non-hydrogen) atoms. The number of rotatable bonds is 7. The van der Waals surface area contributed by atoms with Gasteiger partial charge in [-0.05, 0) is 37.7 Å². The summed E-state index contributed by atoms with van der Waals surface area (Å²) in [4.78, 5) is 17.7. The van der Waals surface area contributed by atoms with Crippen LogP contribution in [0.4, 0.5) is 11.4 Å². The summed E-state index contributed by atoms with van der Waals surface area (Å²) in [7, 11) is 1.53. The van der Waals surface area contributed by atoms with E-state index in [1.165, 1.54) is 7.11 Å². The normalized spacial score (nSPS) is 14.6. The summed E-state index contributed by atoms with van der Waals surface area (Å²) in [5.41, 5.74) is 2.23. The van der Waals surface area contributed by atoms with Crippen molar-refractivity contribution in [1.82, 2.24) is 4.90 Å². The van der Waals surface area contributed by atoms with Crippen LogP contribution in [0.3, 0.4) is 0 Å². The Morgan fingerprint density at radius 2 is 1.86 bits per heavy atom. The predicted octanol–water partition coefficient (Wildman–Crippen LogP) is 4.14. The standard InChI is InChI=1S/C22H28ClN3O3/c1-4-25-10-12-26(13-11-25)19-9-7-6-8-18(19)24-22(27)16-14-17(23)21(29-5-2)20(15-16)28-3/h6-9,14-15H,4-5,10-13H2,1-3H3,(H,24,27). The maximum Gasteiger partial charge on any atom is 0.255 e. The molecule has 2 aromatic rings. The molecule has 1 aliphatic rings. The number of amides is 1. The number of carbonyl (C=O) groups is 1. The lowest BCUT2D eigenvalue weighted by molar-refractivity contribution is 0.102. The monoisotopic (exact) mass is 417 g/mol. The van der Waals surface area contributed by atoms with Crippen molar-refractivity contribution in [3.8, 4) is 11.5 Å². The SMILES string of the molecule is CCOc1c(Cl)cc(C(=O)Nc2ccccc2N2CCN(CC)CC2)cc1OC. The van der Waals surface area contributed by atoms with E-state index in [4.69, 9.17) is 21.1 Å². The number of para-hydroxylation sites is 2. The van der Waals surface area contributed by atoms with E-state index in [0.29, 0.717) is 28.7 Å². The van der Waals surface area contributed by atoms with Crippen LogP contribution in [0.5, 0.6) is 11.5 Å². The van der Waals surface area contributed by atoms with Gasteiger partial charge in [-0.25, -0.2) is 0 Å². The molecule has 0 unspecified atom stereocenters. The Bertz CT molecular complexity index is 851. The molecule has 3 rings (SSSR count). The van der Waals surface area contributed by atoms with Crippen LogP contribution in [-0.4, -0.2) is 57.2 Å². The number of ether oxygens (including phenoxy) is 2. The molecule has 0 radical (unpaired) electrons. The van der Waals surface area contributed by atoms with Crippen molar-refractivity contribution in [3.63, 3.8) is 0 Å². The van der Waals surface area contributed by atoms with Crippen molar-refractivity contribution in [2.24, 2.45) is 0 Å². The highest BCUT2D eigenvalue weighted by molar-refractivity contribution is 6.32. The topological polar surface area (TPSA) is 54.0 Å². The lowest BCUT2D eigenvalue weighted by atomic mass is 10.1. The highest BCUT2D eigenvalue weighted by Gasteiger charge is 2.20. The molecule has 1 amide bonds. The molecule has 7 heteroatoms. The summed E-state index contributed by atoms with van der Waals surface area (Å²) in [5, 5.41) is 3.38. The molecule has 0 spiro atoms. The molecular formula is C22H28ClN3O3. The van der Waals surface area contributed by atoms with Gasteiger partial charge in [0.05, 0.1) is 30.1 Å². The van der Waals surface area contributed by atoms with Crippen LogP contribution >= 0.6 is 11.6 Å². The maximum absolute atomic E-state index is 12.9. The largest absolute Gasteiger partial charge is 0.493 e. The lowest BCUT2D eigenvalue weighted by Gasteiger charge is -2.36. The van der Waals surface area contributed by atoms with Crippen LogP contribution in [-0.2, 0) is 0 Å². The van der Waals surface area contributed by atoms with Gasteiger partial charge in [0.25, 0.3) is 5.91 Å². The summed E-state index contributed by atoms with van der Waals surface area (Å²) >= 11 is 6.32. The number of methoxy groups -OCH3 is 1. The molecule has 6 nitrogen and oxygen atoms in total. The highest BCUT2D eigenvalue weighted by atomic mass is 35.5. The van der Waals surface area contributed by atoms with Crippen molar-refractivity contribution in [1.29, 1.82) is 0 Å². The zero-order valence-electron chi connectivity index (χ0n) is 17.2. The van der Waals surface area contributed by atoms with E-state index in [9.17, 15) is 4.79 Å². The molecule has 2 aromatic carbocycles. The second kappa shape index (κ2) is 9.85. The smallest absolute Gasteiger partial charge is 0.255 e. The van der Waals surface area contributed by atoms with Crippen LogP contribution < -0.4 is 19.7 Å². The van der Waals surface area contributed by atoms with E-state index in [0.717, 1.165) is 44.1 Å². The number of anilines is 2. The minimum absolute atomic E-state index is 0.243. The number of carbonyl (C=O) groups excluding carboxylic acids is 1. The Hall–Kier alpha value is -2.44. The first-order chi connectivity index (χ1) is 14.1. The molecular weight excluding hydrogens is 390 g/mol. The summed E-state index contributed by atoms with van der Waals surface area (Å²) in [6, 6.07) is 11.1. The molecule has 0 atom stereocenters. The van der Waals surface area contributed by atoms with Crippen LogP contribution in [0.25, 0.3) is 0 Å². The summed E-state index contributed by atoms with van der Waals surface area (Å²) in [6.07, 6.45) is 0.